The smallest absolute Gasteiger partial charge is 0.410 e. The number of hydrogen-bond acceptors (Lipinski definition) is 7. The van der Waals surface area contributed by atoms with Crippen molar-refractivity contribution in [2.75, 3.05) is 13.1 Å². The van der Waals surface area contributed by atoms with Crippen LogP contribution in [0.4, 0.5) is 4.79 Å². The largest absolute Gasteiger partial charge is 0.481 e. The summed E-state index contributed by atoms with van der Waals surface area (Å²) in [6.45, 7) is 7.81. The number of aromatic nitrogens is 2. The lowest BCUT2D eigenvalue weighted by molar-refractivity contribution is -0.141. The van der Waals surface area contributed by atoms with Crippen LogP contribution in [0.3, 0.4) is 0 Å². The lowest BCUT2D eigenvalue weighted by Gasteiger charge is -2.49. The predicted octanol–water partition coefficient (Wildman–Crippen LogP) is 0.932. The van der Waals surface area contributed by atoms with Crippen molar-refractivity contribution < 1.29 is 24.0 Å². The van der Waals surface area contributed by atoms with Crippen LogP contribution < -0.4 is 5.32 Å². The highest BCUT2D eigenvalue weighted by Crippen LogP contribution is 2.27. The number of rotatable bonds is 5. The summed E-state index contributed by atoms with van der Waals surface area (Å²) in [6, 6.07) is 0. The summed E-state index contributed by atoms with van der Waals surface area (Å²) in [5.74, 6) is -0.0494. The molecule has 0 saturated carbocycles. The Morgan fingerprint density at radius 1 is 1.43 bits per heavy atom. The molecule has 1 saturated heterocycles. The molecule has 9 heteroatoms. The van der Waals surface area contributed by atoms with Gasteiger partial charge in [0.05, 0.1) is 18.5 Å². The second-order valence-electron chi connectivity index (χ2n) is 6.77. The van der Waals surface area contributed by atoms with Crippen molar-refractivity contribution in [2.45, 2.75) is 51.8 Å². The van der Waals surface area contributed by atoms with Gasteiger partial charge in [-0.1, -0.05) is 5.16 Å². The van der Waals surface area contributed by atoms with E-state index in [4.69, 9.17) is 14.4 Å². The summed E-state index contributed by atoms with van der Waals surface area (Å²) in [5, 5.41) is 16.0. The van der Waals surface area contributed by atoms with E-state index in [0.29, 0.717) is 11.7 Å². The molecular formula is C14H22N4O5. The van der Waals surface area contributed by atoms with Crippen molar-refractivity contribution in [2.24, 2.45) is 0 Å². The first kappa shape index (κ1) is 17.2. The third-order valence-electron chi connectivity index (χ3n) is 3.32. The second-order valence-corrected chi connectivity index (χ2v) is 6.77. The quantitative estimate of drug-likeness (QED) is 0.820. The van der Waals surface area contributed by atoms with Crippen LogP contribution in [0.15, 0.2) is 4.52 Å². The minimum Gasteiger partial charge on any atom is -0.481 e. The standard InChI is InChI=1S/C14H22N4O5/c1-9-16-10(17-23-9)6-15-14(5-11(19)20)7-18(8-14)12(21)22-13(2,3)4/h15H,5-8H2,1-4H3,(H,19,20). The molecule has 1 amide bonds. The van der Waals surface area contributed by atoms with Gasteiger partial charge in [0.25, 0.3) is 0 Å². The van der Waals surface area contributed by atoms with Crippen LogP contribution in [-0.2, 0) is 16.1 Å². The van der Waals surface area contributed by atoms with Gasteiger partial charge < -0.3 is 24.6 Å². The number of aliphatic carboxylic acids is 1. The number of nitrogens with zero attached hydrogens (tertiary/aromatic N) is 3. The fraction of sp³-hybridized carbons (Fsp3) is 0.714. The Morgan fingerprint density at radius 3 is 2.57 bits per heavy atom. The van der Waals surface area contributed by atoms with Crippen LogP contribution in [0, 0.1) is 6.92 Å². The maximum absolute atomic E-state index is 12.0. The average Bonchev–Trinajstić information content (AvgIpc) is 2.75. The van der Waals surface area contributed by atoms with Gasteiger partial charge in [-0.25, -0.2) is 4.79 Å². The van der Waals surface area contributed by atoms with E-state index in [0.717, 1.165) is 0 Å². The molecule has 9 nitrogen and oxygen atoms in total. The molecule has 0 bridgehead atoms. The maximum atomic E-state index is 12.0. The molecule has 23 heavy (non-hydrogen) atoms. The zero-order valence-corrected chi connectivity index (χ0v) is 13.8. The second kappa shape index (κ2) is 6.15. The van der Waals surface area contributed by atoms with Gasteiger partial charge in [0.15, 0.2) is 5.82 Å². The van der Waals surface area contributed by atoms with Gasteiger partial charge in [-0.15, -0.1) is 0 Å². The van der Waals surface area contributed by atoms with Gasteiger partial charge in [0, 0.05) is 20.0 Å². The van der Waals surface area contributed by atoms with Crippen molar-refractivity contribution in [3.8, 4) is 0 Å². The highest BCUT2D eigenvalue weighted by Gasteiger charge is 2.47. The van der Waals surface area contributed by atoms with Gasteiger partial charge in [-0.3, -0.25) is 4.79 Å². The number of amides is 1. The zero-order valence-electron chi connectivity index (χ0n) is 13.8. The van der Waals surface area contributed by atoms with E-state index in [9.17, 15) is 9.59 Å². The number of aryl methyl sites for hydroxylation is 1. The third-order valence-corrected chi connectivity index (χ3v) is 3.32. The monoisotopic (exact) mass is 326 g/mol. The van der Waals surface area contributed by atoms with E-state index < -0.39 is 23.2 Å². The Balaban J connectivity index is 1.94. The van der Waals surface area contributed by atoms with E-state index in [-0.39, 0.29) is 26.1 Å². The number of carboxylic acids is 1. The Labute approximate surface area is 134 Å². The number of carboxylic acid groups (broad SMARTS) is 1. The van der Waals surface area contributed by atoms with E-state index in [1.807, 2.05) is 0 Å². The van der Waals surface area contributed by atoms with E-state index in [2.05, 4.69) is 15.5 Å². The fourth-order valence-corrected chi connectivity index (χ4v) is 2.40. The summed E-state index contributed by atoms with van der Waals surface area (Å²) in [7, 11) is 0. The number of carbonyl (C=O) groups is 2. The molecule has 0 spiro atoms. The number of hydrogen-bond donors (Lipinski definition) is 2. The average molecular weight is 326 g/mol. The zero-order chi connectivity index (χ0) is 17.3. The molecule has 0 atom stereocenters. The number of ether oxygens (including phenoxy) is 1. The van der Waals surface area contributed by atoms with Gasteiger partial charge in [0.2, 0.25) is 5.89 Å². The Bertz CT molecular complexity index is 586. The van der Waals surface area contributed by atoms with Gasteiger partial charge in [-0.05, 0) is 20.8 Å². The molecule has 1 aliphatic rings. The van der Waals surface area contributed by atoms with Crippen LogP contribution in [0.5, 0.6) is 0 Å². The van der Waals surface area contributed by atoms with Crippen LogP contribution in [-0.4, -0.2) is 56.4 Å². The molecule has 2 N–H and O–H groups in total. The summed E-state index contributed by atoms with van der Waals surface area (Å²) < 4.78 is 10.2. The van der Waals surface area contributed by atoms with E-state index in [1.54, 1.807) is 27.7 Å². The molecule has 0 unspecified atom stereocenters. The first-order valence-electron chi connectivity index (χ1n) is 7.33. The van der Waals surface area contributed by atoms with Crippen molar-refractivity contribution in [1.29, 1.82) is 0 Å². The first-order chi connectivity index (χ1) is 10.6. The highest BCUT2D eigenvalue weighted by atomic mass is 16.6. The SMILES string of the molecule is Cc1nc(CNC2(CC(=O)O)CN(C(=O)OC(C)(C)C)C2)no1. The normalized spacial score (nSPS) is 16.8. The first-order valence-corrected chi connectivity index (χ1v) is 7.33. The van der Waals surface area contributed by atoms with Crippen molar-refractivity contribution >= 4 is 12.1 Å². The lowest BCUT2D eigenvalue weighted by atomic mass is 9.86. The molecular weight excluding hydrogens is 304 g/mol. The van der Waals surface area contributed by atoms with Gasteiger partial charge in [-0.2, -0.15) is 4.98 Å². The molecule has 2 heterocycles. The molecule has 1 aromatic heterocycles. The van der Waals surface area contributed by atoms with Crippen LogP contribution in [0.25, 0.3) is 0 Å². The topological polar surface area (TPSA) is 118 Å². The van der Waals surface area contributed by atoms with Crippen molar-refractivity contribution in [3.05, 3.63) is 11.7 Å². The molecule has 1 aliphatic heterocycles. The number of nitrogens with one attached hydrogen (secondary N) is 1. The summed E-state index contributed by atoms with van der Waals surface area (Å²) in [4.78, 5) is 28.6. The minimum atomic E-state index is -0.939. The van der Waals surface area contributed by atoms with E-state index in [1.165, 1.54) is 4.90 Å². The van der Waals surface area contributed by atoms with Crippen LogP contribution in [0.1, 0.15) is 38.9 Å². The molecule has 128 valence electrons. The van der Waals surface area contributed by atoms with Crippen molar-refractivity contribution in [3.63, 3.8) is 0 Å². The number of likely N-dealkylation sites (tertiary alicyclic amines) is 1. The predicted molar refractivity (Wildman–Crippen MR) is 78.7 cm³/mol. The Kier molecular flexibility index (Phi) is 4.60. The molecule has 1 aromatic rings. The summed E-state index contributed by atoms with van der Waals surface area (Å²) >= 11 is 0. The molecule has 1 fully saturated rings. The van der Waals surface area contributed by atoms with Gasteiger partial charge in [0.1, 0.15) is 5.60 Å². The molecule has 2 rings (SSSR count). The summed E-state index contributed by atoms with van der Waals surface area (Å²) in [5.41, 5.74) is -1.30. The lowest BCUT2D eigenvalue weighted by Crippen LogP contribution is -2.71. The number of carbonyl (C=O) groups excluding carboxylic acids is 1. The Hall–Kier alpha value is -2.16. The minimum absolute atomic E-state index is 0.108. The molecule has 0 aliphatic carbocycles. The fourth-order valence-electron chi connectivity index (χ4n) is 2.40. The van der Waals surface area contributed by atoms with Crippen LogP contribution >= 0.6 is 0 Å². The van der Waals surface area contributed by atoms with Gasteiger partial charge >= 0.3 is 12.1 Å². The third kappa shape index (κ3) is 4.65. The summed E-state index contributed by atoms with van der Waals surface area (Å²) in [6.07, 6.45) is -0.556. The molecule has 0 aromatic carbocycles. The van der Waals surface area contributed by atoms with Crippen LogP contribution in [0.2, 0.25) is 0 Å². The molecule has 0 radical (unpaired) electrons. The van der Waals surface area contributed by atoms with Crippen molar-refractivity contribution in [1.82, 2.24) is 20.4 Å². The van der Waals surface area contributed by atoms with E-state index >= 15 is 0 Å². The Morgan fingerprint density at radius 2 is 2.09 bits per heavy atom. The highest BCUT2D eigenvalue weighted by molar-refractivity contribution is 5.73. The maximum Gasteiger partial charge on any atom is 0.410 e.